The maximum absolute atomic E-state index is 10.9. The molecule has 0 saturated heterocycles. The molecule has 3 heteroatoms. The first kappa shape index (κ1) is 12.6. The van der Waals surface area contributed by atoms with Gasteiger partial charge in [0.2, 0.25) is 0 Å². The van der Waals surface area contributed by atoms with Crippen LogP contribution in [0.1, 0.15) is 31.9 Å². The Morgan fingerprint density at radius 2 is 2.00 bits per heavy atom. The van der Waals surface area contributed by atoms with Crippen molar-refractivity contribution in [3.63, 3.8) is 0 Å². The van der Waals surface area contributed by atoms with Crippen LogP contribution >= 0.6 is 0 Å². The van der Waals surface area contributed by atoms with Gasteiger partial charge in [-0.25, -0.2) is 4.79 Å². The van der Waals surface area contributed by atoms with E-state index < -0.39 is 11.6 Å². The van der Waals surface area contributed by atoms with Gasteiger partial charge in [-0.3, -0.25) is 0 Å². The first-order valence-electron chi connectivity index (χ1n) is 5.38. The molecule has 0 aromatic heterocycles. The molecule has 0 radical (unpaired) electrons. The minimum absolute atomic E-state index is 0.615. The molecule has 0 aliphatic rings. The molecule has 0 amide bonds. The maximum atomic E-state index is 10.9. The van der Waals surface area contributed by atoms with E-state index in [-0.39, 0.29) is 0 Å². The van der Waals surface area contributed by atoms with Crippen LogP contribution in [0.15, 0.2) is 18.2 Å². The molecule has 0 atom stereocenters. The first-order valence-corrected chi connectivity index (χ1v) is 5.38. The lowest BCUT2D eigenvalue weighted by Crippen LogP contribution is -2.37. The highest BCUT2D eigenvalue weighted by atomic mass is 16.5. The second-order valence-electron chi connectivity index (χ2n) is 4.43. The quantitative estimate of drug-likeness (QED) is 0.852. The summed E-state index contributed by atoms with van der Waals surface area (Å²) in [5, 5.41) is 8.97. The van der Waals surface area contributed by atoms with Crippen molar-refractivity contribution in [2.45, 2.75) is 39.7 Å². The molecule has 1 aromatic rings. The van der Waals surface area contributed by atoms with Gasteiger partial charge in [0.15, 0.2) is 5.60 Å². The normalized spacial score (nSPS) is 11.2. The van der Waals surface area contributed by atoms with Gasteiger partial charge >= 0.3 is 5.97 Å². The molecule has 16 heavy (non-hydrogen) atoms. The van der Waals surface area contributed by atoms with E-state index in [9.17, 15) is 4.79 Å². The number of hydrogen-bond donors (Lipinski definition) is 1. The number of benzene rings is 1. The summed E-state index contributed by atoms with van der Waals surface area (Å²) in [7, 11) is 0. The third-order valence-electron chi connectivity index (χ3n) is 2.41. The van der Waals surface area contributed by atoms with Gasteiger partial charge in [-0.1, -0.05) is 13.0 Å². The van der Waals surface area contributed by atoms with Gasteiger partial charge in [-0.15, -0.1) is 0 Å². The first-order chi connectivity index (χ1) is 7.35. The van der Waals surface area contributed by atoms with Crippen LogP contribution in [0, 0.1) is 6.92 Å². The summed E-state index contributed by atoms with van der Waals surface area (Å²) in [6, 6.07) is 5.81. The molecule has 1 aromatic carbocycles. The van der Waals surface area contributed by atoms with Crippen molar-refractivity contribution >= 4 is 5.97 Å². The van der Waals surface area contributed by atoms with Crippen LogP contribution in [0.5, 0.6) is 5.75 Å². The van der Waals surface area contributed by atoms with E-state index in [2.05, 4.69) is 13.0 Å². The molecule has 3 nitrogen and oxygen atoms in total. The Hall–Kier alpha value is -1.51. The molecule has 0 heterocycles. The van der Waals surface area contributed by atoms with Gasteiger partial charge in [0.05, 0.1) is 0 Å². The Labute approximate surface area is 96.1 Å². The summed E-state index contributed by atoms with van der Waals surface area (Å²) in [4.78, 5) is 10.9. The topological polar surface area (TPSA) is 46.5 Å². The highest BCUT2D eigenvalue weighted by Crippen LogP contribution is 2.22. The minimum Gasteiger partial charge on any atom is -0.478 e. The van der Waals surface area contributed by atoms with Crippen molar-refractivity contribution in [1.29, 1.82) is 0 Å². The number of ether oxygens (including phenoxy) is 1. The smallest absolute Gasteiger partial charge is 0.347 e. The zero-order valence-electron chi connectivity index (χ0n) is 10.2. The average molecular weight is 222 g/mol. The molecule has 0 fully saturated rings. The van der Waals surface area contributed by atoms with Crippen molar-refractivity contribution in [3.8, 4) is 5.75 Å². The number of hydrogen-bond acceptors (Lipinski definition) is 2. The predicted octanol–water partition coefficient (Wildman–Crippen LogP) is 2.80. The second-order valence-corrected chi connectivity index (χ2v) is 4.43. The fraction of sp³-hybridized carbons (Fsp3) is 0.462. The van der Waals surface area contributed by atoms with Crippen LogP contribution in [0.4, 0.5) is 0 Å². The van der Waals surface area contributed by atoms with Crippen LogP contribution in [-0.2, 0) is 11.2 Å². The largest absolute Gasteiger partial charge is 0.478 e. The molecule has 0 unspecified atom stereocenters. The zero-order valence-corrected chi connectivity index (χ0v) is 10.2. The lowest BCUT2D eigenvalue weighted by atomic mass is 10.1. The van der Waals surface area contributed by atoms with Gasteiger partial charge in [-0.2, -0.15) is 0 Å². The Balaban J connectivity index is 2.97. The SMILES string of the molecule is CCc1cc(C)cc(OC(C)(C)C(=O)O)c1. The molecule has 0 spiro atoms. The van der Waals surface area contributed by atoms with Gasteiger partial charge in [0.1, 0.15) is 5.75 Å². The van der Waals surface area contributed by atoms with Crippen LogP contribution in [0.2, 0.25) is 0 Å². The molecular formula is C13H18O3. The summed E-state index contributed by atoms with van der Waals surface area (Å²) in [6.07, 6.45) is 0.908. The van der Waals surface area contributed by atoms with Crippen molar-refractivity contribution in [2.75, 3.05) is 0 Å². The Morgan fingerprint density at radius 1 is 1.38 bits per heavy atom. The number of carboxylic acids is 1. The van der Waals surface area contributed by atoms with Gasteiger partial charge in [0, 0.05) is 0 Å². The Kier molecular flexibility index (Phi) is 3.58. The summed E-state index contributed by atoms with van der Waals surface area (Å²) < 4.78 is 5.49. The van der Waals surface area contributed by atoms with Crippen LogP contribution in [-0.4, -0.2) is 16.7 Å². The molecule has 0 bridgehead atoms. The zero-order chi connectivity index (χ0) is 12.3. The van der Waals surface area contributed by atoms with E-state index in [0.29, 0.717) is 5.75 Å². The monoisotopic (exact) mass is 222 g/mol. The molecule has 0 aliphatic heterocycles. The molecule has 88 valence electrons. The third-order valence-corrected chi connectivity index (χ3v) is 2.41. The van der Waals surface area contributed by atoms with E-state index >= 15 is 0 Å². The Bertz CT molecular complexity index is 394. The Morgan fingerprint density at radius 3 is 2.50 bits per heavy atom. The summed E-state index contributed by atoms with van der Waals surface area (Å²) in [5.41, 5.74) is 1.03. The van der Waals surface area contributed by atoms with Gasteiger partial charge in [0.25, 0.3) is 0 Å². The average Bonchev–Trinajstić information content (AvgIpc) is 2.15. The highest BCUT2D eigenvalue weighted by molar-refractivity contribution is 5.76. The number of rotatable bonds is 4. The standard InChI is InChI=1S/C13H18O3/c1-5-10-6-9(2)7-11(8-10)16-13(3,4)12(14)15/h6-8H,5H2,1-4H3,(H,14,15). The fourth-order valence-electron chi connectivity index (χ4n) is 1.43. The van der Waals surface area contributed by atoms with Crippen molar-refractivity contribution in [3.05, 3.63) is 29.3 Å². The molecular weight excluding hydrogens is 204 g/mol. The van der Waals surface area contributed by atoms with Crippen LogP contribution in [0.25, 0.3) is 0 Å². The van der Waals surface area contributed by atoms with Crippen LogP contribution < -0.4 is 4.74 Å². The highest BCUT2D eigenvalue weighted by Gasteiger charge is 2.29. The molecule has 1 rings (SSSR count). The number of carboxylic acid groups (broad SMARTS) is 1. The summed E-state index contributed by atoms with van der Waals surface area (Å²) >= 11 is 0. The number of aliphatic carboxylic acids is 1. The summed E-state index contributed by atoms with van der Waals surface area (Å²) in [5.74, 6) is -0.351. The molecule has 1 N–H and O–H groups in total. The lowest BCUT2D eigenvalue weighted by molar-refractivity contribution is -0.152. The fourth-order valence-corrected chi connectivity index (χ4v) is 1.43. The van der Waals surface area contributed by atoms with E-state index in [1.165, 1.54) is 0 Å². The van der Waals surface area contributed by atoms with E-state index in [4.69, 9.17) is 9.84 Å². The molecule has 0 saturated carbocycles. The minimum atomic E-state index is -1.20. The predicted molar refractivity (Wildman–Crippen MR) is 62.9 cm³/mol. The summed E-state index contributed by atoms with van der Waals surface area (Å²) in [6.45, 7) is 7.12. The maximum Gasteiger partial charge on any atom is 0.347 e. The van der Waals surface area contributed by atoms with Crippen molar-refractivity contribution in [2.24, 2.45) is 0 Å². The van der Waals surface area contributed by atoms with Gasteiger partial charge in [-0.05, 0) is 50.5 Å². The second kappa shape index (κ2) is 4.56. The third kappa shape index (κ3) is 2.99. The van der Waals surface area contributed by atoms with E-state index in [1.807, 2.05) is 19.1 Å². The van der Waals surface area contributed by atoms with Crippen molar-refractivity contribution < 1.29 is 14.6 Å². The van der Waals surface area contributed by atoms with E-state index in [1.54, 1.807) is 13.8 Å². The van der Waals surface area contributed by atoms with Crippen LogP contribution in [0.3, 0.4) is 0 Å². The van der Waals surface area contributed by atoms with Crippen molar-refractivity contribution in [1.82, 2.24) is 0 Å². The lowest BCUT2D eigenvalue weighted by Gasteiger charge is -2.22. The number of aryl methyl sites for hydroxylation is 2. The van der Waals surface area contributed by atoms with Gasteiger partial charge < -0.3 is 9.84 Å². The van der Waals surface area contributed by atoms with E-state index in [0.717, 1.165) is 17.5 Å². The number of carbonyl (C=O) groups is 1. The molecule has 0 aliphatic carbocycles.